The standard InChI is InChI=1S/C12H22N4O2S/c1-2-16-5-4-14-12(16)8-11(15-13)7-10-3-6-19(17,18)9-10/h4-5,10-11,15H,2-3,6-9,13H2,1H3. The van der Waals surface area contributed by atoms with Crippen LogP contribution in [0.2, 0.25) is 0 Å². The van der Waals surface area contributed by atoms with Crippen molar-refractivity contribution < 1.29 is 8.42 Å². The van der Waals surface area contributed by atoms with Crippen molar-refractivity contribution in [2.75, 3.05) is 11.5 Å². The first-order valence-corrected chi connectivity index (χ1v) is 8.52. The van der Waals surface area contributed by atoms with Crippen molar-refractivity contribution in [3.63, 3.8) is 0 Å². The summed E-state index contributed by atoms with van der Waals surface area (Å²) >= 11 is 0. The summed E-state index contributed by atoms with van der Waals surface area (Å²) in [6, 6.07) is 0.0750. The van der Waals surface area contributed by atoms with E-state index in [4.69, 9.17) is 5.84 Å². The van der Waals surface area contributed by atoms with Crippen LogP contribution < -0.4 is 11.3 Å². The Kier molecular flexibility index (Phi) is 4.59. The van der Waals surface area contributed by atoms with Crippen molar-refractivity contribution in [1.82, 2.24) is 15.0 Å². The van der Waals surface area contributed by atoms with Gasteiger partial charge in [0.25, 0.3) is 0 Å². The average Bonchev–Trinajstić information content (AvgIpc) is 2.94. The van der Waals surface area contributed by atoms with E-state index in [0.717, 1.165) is 31.6 Å². The van der Waals surface area contributed by atoms with Gasteiger partial charge in [0, 0.05) is 31.4 Å². The van der Waals surface area contributed by atoms with Gasteiger partial charge in [-0.15, -0.1) is 0 Å². The predicted octanol–water partition coefficient (Wildman–Crippen LogP) is 0.102. The SMILES string of the molecule is CCn1ccnc1CC(CC1CCS(=O)(=O)C1)NN. The Morgan fingerprint density at radius 1 is 1.63 bits per heavy atom. The van der Waals surface area contributed by atoms with E-state index in [-0.39, 0.29) is 12.0 Å². The number of sulfone groups is 1. The van der Waals surface area contributed by atoms with Crippen LogP contribution in [0.5, 0.6) is 0 Å². The van der Waals surface area contributed by atoms with Crippen molar-refractivity contribution in [3.8, 4) is 0 Å². The maximum Gasteiger partial charge on any atom is 0.150 e. The van der Waals surface area contributed by atoms with Crippen molar-refractivity contribution in [1.29, 1.82) is 0 Å². The molecule has 1 aliphatic heterocycles. The molecule has 7 heteroatoms. The van der Waals surface area contributed by atoms with Gasteiger partial charge in [-0.3, -0.25) is 11.3 Å². The lowest BCUT2D eigenvalue weighted by molar-refractivity contribution is 0.399. The summed E-state index contributed by atoms with van der Waals surface area (Å²) in [6.45, 7) is 2.95. The molecule has 2 unspecified atom stereocenters. The van der Waals surface area contributed by atoms with Crippen LogP contribution in [0.1, 0.15) is 25.6 Å². The molecule has 1 aromatic heterocycles. The normalized spacial score (nSPS) is 23.6. The van der Waals surface area contributed by atoms with Crippen LogP contribution in [-0.4, -0.2) is 35.5 Å². The molecule has 3 N–H and O–H groups in total. The van der Waals surface area contributed by atoms with E-state index in [1.165, 1.54) is 0 Å². The number of hydrogen-bond donors (Lipinski definition) is 2. The molecule has 108 valence electrons. The first kappa shape index (κ1) is 14.5. The highest BCUT2D eigenvalue weighted by atomic mass is 32.2. The minimum atomic E-state index is -2.81. The monoisotopic (exact) mass is 286 g/mol. The smallest absolute Gasteiger partial charge is 0.150 e. The van der Waals surface area contributed by atoms with Gasteiger partial charge in [0.2, 0.25) is 0 Å². The van der Waals surface area contributed by atoms with Crippen molar-refractivity contribution in [2.24, 2.45) is 11.8 Å². The zero-order valence-electron chi connectivity index (χ0n) is 11.2. The Labute approximate surface area is 114 Å². The lowest BCUT2D eigenvalue weighted by Crippen LogP contribution is -2.39. The molecule has 0 aromatic carbocycles. The topological polar surface area (TPSA) is 90.0 Å². The highest BCUT2D eigenvalue weighted by molar-refractivity contribution is 7.91. The Morgan fingerprint density at radius 2 is 2.42 bits per heavy atom. The minimum Gasteiger partial charge on any atom is -0.335 e. The zero-order chi connectivity index (χ0) is 13.9. The van der Waals surface area contributed by atoms with E-state index in [1.807, 2.05) is 6.20 Å². The lowest BCUT2D eigenvalue weighted by Gasteiger charge is -2.19. The number of aryl methyl sites for hydroxylation is 1. The summed E-state index contributed by atoms with van der Waals surface area (Å²) in [7, 11) is -2.81. The fourth-order valence-electron chi connectivity index (χ4n) is 2.71. The van der Waals surface area contributed by atoms with Gasteiger partial charge < -0.3 is 4.57 Å². The van der Waals surface area contributed by atoms with Crippen molar-refractivity contribution in [2.45, 2.75) is 38.8 Å². The second-order valence-corrected chi connectivity index (χ2v) is 7.43. The Morgan fingerprint density at radius 3 is 3.00 bits per heavy atom. The summed E-state index contributed by atoms with van der Waals surface area (Å²) in [5, 5.41) is 0. The largest absolute Gasteiger partial charge is 0.335 e. The number of imidazole rings is 1. The van der Waals surface area contributed by atoms with Gasteiger partial charge in [-0.2, -0.15) is 0 Å². The average molecular weight is 286 g/mol. The zero-order valence-corrected chi connectivity index (χ0v) is 12.1. The summed E-state index contributed by atoms with van der Waals surface area (Å²) in [4.78, 5) is 4.33. The molecule has 19 heavy (non-hydrogen) atoms. The van der Waals surface area contributed by atoms with Gasteiger partial charge in [0.05, 0.1) is 11.5 Å². The van der Waals surface area contributed by atoms with Crippen LogP contribution >= 0.6 is 0 Å². The molecule has 2 heterocycles. The lowest BCUT2D eigenvalue weighted by atomic mass is 9.97. The summed E-state index contributed by atoms with van der Waals surface area (Å²) in [5.41, 5.74) is 2.80. The molecule has 0 aliphatic carbocycles. The molecule has 0 spiro atoms. The Balaban J connectivity index is 1.94. The van der Waals surface area contributed by atoms with Crippen molar-refractivity contribution in [3.05, 3.63) is 18.2 Å². The first-order chi connectivity index (χ1) is 9.04. The number of hydrazine groups is 1. The molecule has 1 saturated heterocycles. The molecule has 0 amide bonds. The fraction of sp³-hybridized carbons (Fsp3) is 0.750. The molecule has 1 aliphatic rings. The summed E-state index contributed by atoms with van der Waals surface area (Å²) in [5.74, 6) is 7.42. The number of nitrogens with zero attached hydrogens (tertiary/aromatic N) is 2. The Hall–Kier alpha value is -0.920. The maximum atomic E-state index is 11.5. The highest BCUT2D eigenvalue weighted by Gasteiger charge is 2.29. The molecule has 6 nitrogen and oxygen atoms in total. The van der Waals surface area contributed by atoms with Gasteiger partial charge >= 0.3 is 0 Å². The number of rotatable bonds is 6. The van der Waals surface area contributed by atoms with Crippen molar-refractivity contribution >= 4 is 9.84 Å². The van der Waals surface area contributed by atoms with Crippen LogP contribution in [0, 0.1) is 5.92 Å². The van der Waals surface area contributed by atoms with Gasteiger partial charge in [0.15, 0.2) is 9.84 Å². The highest BCUT2D eigenvalue weighted by Crippen LogP contribution is 2.23. The Bertz CT molecular complexity index is 512. The summed E-state index contributed by atoms with van der Waals surface area (Å²) < 4.78 is 25.0. The molecule has 0 bridgehead atoms. The third kappa shape index (κ3) is 3.77. The first-order valence-electron chi connectivity index (χ1n) is 6.70. The molecule has 2 rings (SSSR count). The molecule has 2 atom stereocenters. The van der Waals surface area contributed by atoms with E-state index in [0.29, 0.717) is 11.5 Å². The number of nitrogens with one attached hydrogen (secondary N) is 1. The second kappa shape index (κ2) is 6.02. The van der Waals surface area contributed by atoms with Crippen LogP contribution in [0.4, 0.5) is 0 Å². The molecular weight excluding hydrogens is 264 g/mol. The maximum absolute atomic E-state index is 11.5. The van der Waals surface area contributed by atoms with Gasteiger partial charge in [-0.1, -0.05) is 0 Å². The fourth-order valence-corrected chi connectivity index (χ4v) is 4.59. The second-order valence-electron chi connectivity index (χ2n) is 5.20. The molecule has 1 aromatic rings. The molecule has 0 radical (unpaired) electrons. The van der Waals surface area contributed by atoms with Crippen LogP contribution in [-0.2, 0) is 22.8 Å². The van der Waals surface area contributed by atoms with E-state index in [1.54, 1.807) is 6.20 Å². The molecule has 1 fully saturated rings. The van der Waals surface area contributed by atoms with Crippen LogP contribution in [0.25, 0.3) is 0 Å². The van der Waals surface area contributed by atoms with Crippen LogP contribution in [0.3, 0.4) is 0 Å². The third-order valence-electron chi connectivity index (χ3n) is 3.75. The number of hydrogen-bond acceptors (Lipinski definition) is 5. The molecule has 0 saturated carbocycles. The molecular formula is C12H22N4O2S. The van der Waals surface area contributed by atoms with Gasteiger partial charge in [0.1, 0.15) is 5.82 Å². The number of nitrogens with two attached hydrogens (primary N) is 1. The predicted molar refractivity (Wildman–Crippen MR) is 74.1 cm³/mol. The summed E-state index contributed by atoms with van der Waals surface area (Å²) in [6.07, 6.45) is 6.00. The quantitative estimate of drug-likeness (QED) is 0.572. The van der Waals surface area contributed by atoms with E-state index >= 15 is 0 Å². The minimum absolute atomic E-state index is 0.0750. The van der Waals surface area contributed by atoms with E-state index in [9.17, 15) is 8.42 Å². The van der Waals surface area contributed by atoms with E-state index < -0.39 is 9.84 Å². The van der Waals surface area contributed by atoms with Crippen LogP contribution in [0.15, 0.2) is 12.4 Å². The van der Waals surface area contributed by atoms with Gasteiger partial charge in [-0.05, 0) is 25.7 Å². The van der Waals surface area contributed by atoms with Gasteiger partial charge in [-0.25, -0.2) is 13.4 Å². The third-order valence-corrected chi connectivity index (χ3v) is 5.59. The number of aromatic nitrogens is 2. The van der Waals surface area contributed by atoms with E-state index in [2.05, 4.69) is 21.9 Å².